The van der Waals surface area contributed by atoms with E-state index in [0.29, 0.717) is 11.8 Å². The zero-order valence-corrected chi connectivity index (χ0v) is 15.2. The van der Waals surface area contributed by atoms with Crippen LogP contribution >= 0.6 is 0 Å². The van der Waals surface area contributed by atoms with E-state index in [-0.39, 0.29) is 18.6 Å². The van der Waals surface area contributed by atoms with Crippen molar-refractivity contribution in [1.82, 2.24) is 5.32 Å². The average molecular weight is 345 g/mol. The smallest absolute Gasteiger partial charge is 0.331 e. The van der Waals surface area contributed by atoms with Crippen molar-refractivity contribution in [2.24, 2.45) is 11.8 Å². The number of rotatable bonds is 6. The molecule has 1 aromatic carbocycles. The van der Waals surface area contributed by atoms with Crippen LogP contribution in [0, 0.1) is 11.8 Å². The molecule has 1 aliphatic carbocycles. The SMILES string of the molecule is COc1ccc(/C=C/C(=O)OCC(=O)N[C@H]2CCC[C@@H](C)[C@H]2C)cc1. The average Bonchev–Trinajstić information content (AvgIpc) is 2.62. The molecule has 1 aliphatic rings. The van der Waals surface area contributed by atoms with Gasteiger partial charge in [0.2, 0.25) is 0 Å². The predicted molar refractivity (Wildman–Crippen MR) is 97.1 cm³/mol. The van der Waals surface area contributed by atoms with Crippen molar-refractivity contribution in [3.63, 3.8) is 0 Å². The molecule has 1 amide bonds. The highest BCUT2D eigenvalue weighted by Crippen LogP contribution is 2.29. The fraction of sp³-hybridized carbons (Fsp3) is 0.500. The van der Waals surface area contributed by atoms with Crippen LogP contribution in [0.25, 0.3) is 6.08 Å². The first-order valence-electron chi connectivity index (χ1n) is 8.78. The Bertz CT molecular complexity index is 609. The quantitative estimate of drug-likeness (QED) is 0.635. The monoisotopic (exact) mass is 345 g/mol. The molecule has 1 fully saturated rings. The molecule has 1 saturated carbocycles. The molecule has 0 unspecified atom stereocenters. The minimum absolute atomic E-state index is 0.171. The largest absolute Gasteiger partial charge is 0.497 e. The van der Waals surface area contributed by atoms with E-state index >= 15 is 0 Å². The minimum Gasteiger partial charge on any atom is -0.497 e. The van der Waals surface area contributed by atoms with Crippen molar-refractivity contribution in [2.75, 3.05) is 13.7 Å². The number of nitrogens with one attached hydrogen (secondary N) is 1. The van der Waals surface area contributed by atoms with Crippen LogP contribution in [-0.4, -0.2) is 31.6 Å². The van der Waals surface area contributed by atoms with Gasteiger partial charge >= 0.3 is 5.97 Å². The van der Waals surface area contributed by atoms with Crippen LogP contribution in [-0.2, 0) is 14.3 Å². The molecule has 0 bridgehead atoms. The Morgan fingerprint density at radius 2 is 1.92 bits per heavy atom. The molecule has 0 aliphatic heterocycles. The number of amides is 1. The predicted octanol–water partition coefficient (Wildman–Crippen LogP) is 3.19. The molecule has 2 rings (SSSR count). The van der Waals surface area contributed by atoms with Gasteiger partial charge in [0.25, 0.3) is 5.91 Å². The van der Waals surface area contributed by atoms with E-state index in [1.165, 1.54) is 12.5 Å². The second-order valence-electron chi connectivity index (χ2n) is 6.66. The standard InChI is InChI=1S/C20H27NO4/c1-14-5-4-6-18(15(14)2)21-19(22)13-25-20(23)12-9-16-7-10-17(24-3)11-8-16/h7-12,14-15,18H,4-6,13H2,1-3H3,(H,21,22)/b12-9+/t14-,15-,18+/m1/s1. The molecule has 136 valence electrons. The van der Waals surface area contributed by atoms with Gasteiger partial charge < -0.3 is 14.8 Å². The molecule has 0 aromatic heterocycles. The van der Waals surface area contributed by atoms with Crippen LogP contribution in [0.5, 0.6) is 5.75 Å². The second-order valence-corrected chi connectivity index (χ2v) is 6.66. The molecule has 0 radical (unpaired) electrons. The zero-order chi connectivity index (χ0) is 18.2. The van der Waals surface area contributed by atoms with Gasteiger partial charge in [-0.05, 0) is 42.0 Å². The number of carbonyl (C=O) groups excluding carboxylic acids is 2. The highest BCUT2D eigenvalue weighted by atomic mass is 16.5. The fourth-order valence-electron chi connectivity index (χ4n) is 3.10. The summed E-state index contributed by atoms with van der Waals surface area (Å²) in [5.74, 6) is 1.04. The van der Waals surface area contributed by atoms with E-state index in [0.717, 1.165) is 24.2 Å². The lowest BCUT2D eigenvalue weighted by atomic mass is 9.78. The number of carbonyl (C=O) groups is 2. The maximum atomic E-state index is 12.0. The molecular formula is C20H27NO4. The number of hydrogen-bond acceptors (Lipinski definition) is 4. The molecule has 5 heteroatoms. The highest BCUT2D eigenvalue weighted by molar-refractivity contribution is 5.89. The molecule has 25 heavy (non-hydrogen) atoms. The van der Waals surface area contributed by atoms with Crippen LogP contribution in [0.2, 0.25) is 0 Å². The summed E-state index contributed by atoms with van der Waals surface area (Å²) in [5.41, 5.74) is 0.854. The third kappa shape index (κ3) is 5.93. The van der Waals surface area contributed by atoms with Gasteiger partial charge in [0.15, 0.2) is 6.61 Å². The first kappa shape index (κ1) is 19.0. The summed E-state index contributed by atoms with van der Waals surface area (Å²) in [6.45, 7) is 4.13. The number of ether oxygens (including phenoxy) is 2. The molecule has 5 nitrogen and oxygen atoms in total. The van der Waals surface area contributed by atoms with Crippen molar-refractivity contribution >= 4 is 18.0 Å². The van der Waals surface area contributed by atoms with Gasteiger partial charge in [-0.25, -0.2) is 4.79 Å². The Morgan fingerprint density at radius 1 is 1.20 bits per heavy atom. The number of benzene rings is 1. The summed E-state index contributed by atoms with van der Waals surface area (Å²) in [6, 6.07) is 7.46. The van der Waals surface area contributed by atoms with Crippen molar-refractivity contribution in [1.29, 1.82) is 0 Å². The van der Waals surface area contributed by atoms with Gasteiger partial charge in [-0.2, -0.15) is 0 Å². The van der Waals surface area contributed by atoms with Crippen molar-refractivity contribution in [2.45, 2.75) is 39.2 Å². The fourth-order valence-corrected chi connectivity index (χ4v) is 3.10. The third-order valence-corrected chi connectivity index (χ3v) is 4.93. The van der Waals surface area contributed by atoms with Crippen LogP contribution in [0.4, 0.5) is 0 Å². The maximum absolute atomic E-state index is 12.0. The van der Waals surface area contributed by atoms with Gasteiger partial charge in [0.1, 0.15) is 5.75 Å². The van der Waals surface area contributed by atoms with Crippen molar-refractivity contribution < 1.29 is 19.1 Å². The zero-order valence-electron chi connectivity index (χ0n) is 15.2. The Kier molecular flexibility index (Phi) is 7.04. The minimum atomic E-state index is -0.531. The Labute approximate surface area is 149 Å². The Morgan fingerprint density at radius 3 is 2.60 bits per heavy atom. The molecular weight excluding hydrogens is 318 g/mol. The van der Waals surface area contributed by atoms with E-state index < -0.39 is 5.97 Å². The van der Waals surface area contributed by atoms with Gasteiger partial charge in [0.05, 0.1) is 7.11 Å². The summed E-state index contributed by atoms with van der Waals surface area (Å²) < 4.78 is 10.1. The molecule has 1 aromatic rings. The first-order valence-corrected chi connectivity index (χ1v) is 8.78. The highest BCUT2D eigenvalue weighted by Gasteiger charge is 2.28. The van der Waals surface area contributed by atoms with Crippen LogP contribution in [0.3, 0.4) is 0 Å². The van der Waals surface area contributed by atoms with E-state index in [1.807, 2.05) is 24.3 Å². The molecule has 3 atom stereocenters. The Hall–Kier alpha value is -2.30. The van der Waals surface area contributed by atoms with Gasteiger partial charge in [-0.3, -0.25) is 4.79 Å². The third-order valence-electron chi connectivity index (χ3n) is 4.93. The molecule has 0 spiro atoms. The summed E-state index contributed by atoms with van der Waals surface area (Å²) in [7, 11) is 1.60. The maximum Gasteiger partial charge on any atom is 0.331 e. The van der Waals surface area contributed by atoms with E-state index in [9.17, 15) is 9.59 Å². The first-order chi connectivity index (χ1) is 12.0. The van der Waals surface area contributed by atoms with Crippen LogP contribution in [0.15, 0.2) is 30.3 Å². The summed E-state index contributed by atoms with van der Waals surface area (Å²) in [5, 5.41) is 2.99. The summed E-state index contributed by atoms with van der Waals surface area (Å²) in [6.07, 6.45) is 6.28. The number of hydrogen-bond donors (Lipinski definition) is 1. The van der Waals surface area contributed by atoms with E-state index in [4.69, 9.17) is 9.47 Å². The second kappa shape index (κ2) is 9.25. The number of methoxy groups -OCH3 is 1. The van der Waals surface area contributed by atoms with E-state index in [2.05, 4.69) is 19.2 Å². The molecule has 0 heterocycles. The van der Waals surface area contributed by atoms with Crippen molar-refractivity contribution in [3.8, 4) is 5.75 Å². The van der Waals surface area contributed by atoms with E-state index in [1.54, 1.807) is 13.2 Å². The number of esters is 1. The lowest BCUT2D eigenvalue weighted by Crippen LogP contribution is -2.45. The summed E-state index contributed by atoms with van der Waals surface area (Å²) >= 11 is 0. The normalized spacial score (nSPS) is 23.2. The van der Waals surface area contributed by atoms with Gasteiger partial charge in [-0.15, -0.1) is 0 Å². The Balaban J connectivity index is 1.75. The van der Waals surface area contributed by atoms with Gasteiger partial charge in [-0.1, -0.05) is 38.8 Å². The van der Waals surface area contributed by atoms with Crippen LogP contribution < -0.4 is 10.1 Å². The lowest BCUT2D eigenvalue weighted by Gasteiger charge is -2.34. The van der Waals surface area contributed by atoms with Crippen LogP contribution in [0.1, 0.15) is 38.7 Å². The topological polar surface area (TPSA) is 64.6 Å². The lowest BCUT2D eigenvalue weighted by molar-refractivity contribution is -0.144. The van der Waals surface area contributed by atoms with Gasteiger partial charge in [0, 0.05) is 12.1 Å². The van der Waals surface area contributed by atoms with Crippen molar-refractivity contribution in [3.05, 3.63) is 35.9 Å². The molecule has 0 saturated heterocycles. The summed E-state index contributed by atoms with van der Waals surface area (Å²) in [4.78, 5) is 23.7. The molecule has 1 N–H and O–H groups in total.